The molecule has 16 heavy (non-hydrogen) atoms. The van der Waals surface area contributed by atoms with Crippen molar-refractivity contribution in [1.82, 2.24) is 0 Å². The van der Waals surface area contributed by atoms with Crippen LogP contribution in [0.1, 0.15) is 32.1 Å². The minimum atomic E-state index is 0.239. The van der Waals surface area contributed by atoms with Gasteiger partial charge in [-0.1, -0.05) is 37.5 Å². The highest BCUT2D eigenvalue weighted by molar-refractivity contribution is 6.13. The third-order valence-electron chi connectivity index (χ3n) is 3.83. The van der Waals surface area contributed by atoms with E-state index in [0.29, 0.717) is 0 Å². The van der Waals surface area contributed by atoms with Crippen LogP contribution in [0.15, 0.2) is 35.3 Å². The van der Waals surface area contributed by atoms with Gasteiger partial charge in [0.05, 0.1) is 0 Å². The maximum absolute atomic E-state index is 4.76. The predicted molar refractivity (Wildman–Crippen MR) is 68.1 cm³/mol. The van der Waals surface area contributed by atoms with Crippen LogP contribution >= 0.6 is 0 Å². The van der Waals surface area contributed by atoms with Crippen LogP contribution in [0.2, 0.25) is 0 Å². The molecule has 0 atom stereocenters. The molecule has 0 saturated heterocycles. The second-order valence-electron chi connectivity index (χ2n) is 4.92. The molecule has 1 fully saturated rings. The van der Waals surface area contributed by atoms with E-state index in [1.165, 1.54) is 43.6 Å². The molecule has 1 spiro atoms. The van der Waals surface area contributed by atoms with Crippen molar-refractivity contribution in [1.29, 1.82) is 0 Å². The van der Waals surface area contributed by atoms with Crippen LogP contribution in [0.3, 0.4) is 0 Å². The molecule has 2 aliphatic rings. The molecule has 2 heteroatoms. The van der Waals surface area contributed by atoms with Gasteiger partial charge >= 0.3 is 0 Å². The van der Waals surface area contributed by atoms with Crippen LogP contribution in [0.4, 0.5) is 5.69 Å². The highest BCUT2D eigenvalue weighted by Crippen LogP contribution is 2.43. The molecule has 1 aromatic rings. The van der Waals surface area contributed by atoms with Gasteiger partial charge in [-0.3, -0.25) is 4.99 Å². The number of benzene rings is 1. The molecule has 1 aliphatic carbocycles. The van der Waals surface area contributed by atoms with Crippen molar-refractivity contribution < 1.29 is 0 Å². The predicted octanol–water partition coefficient (Wildman–Crippen LogP) is 3.24. The van der Waals surface area contributed by atoms with Gasteiger partial charge in [-0.25, -0.2) is 0 Å². The first kappa shape index (κ1) is 9.88. The lowest BCUT2D eigenvalue weighted by molar-refractivity contribution is 0.427. The SMILES string of the molecule is CN(C1=NC12CCCCC2)c1ccccc1. The molecule has 1 aliphatic heterocycles. The van der Waals surface area contributed by atoms with Crippen molar-refractivity contribution in [2.75, 3.05) is 11.9 Å². The Labute approximate surface area is 97.0 Å². The van der Waals surface area contributed by atoms with E-state index in [1.54, 1.807) is 0 Å². The third kappa shape index (κ3) is 1.53. The van der Waals surface area contributed by atoms with Crippen LogP contribution in [0.25, 0.3) is 0 Å². The van der Waals surface area contributed by atoms with Crippen molar-refractivity contribution in [3.05, 3.63) is 30.3 Å². The molecule has 1 saturated carbocycles. The Bertz CT molecular complexity index is 402. The van der Waals surface area contributed by atoms with Gasteiger partial charge in [-0.15, -0.1) is 0 Å². The molecule has 84 valence electrons. The number of hydrogen-bond donors (Lipinski definition) is 0. The summed E-state index contributed by atoms with van der Waals surface area (Å²) in [6.45, 7) is 0. The van der Waals surface area contributed by atoms with Gasteiger partial charge in [0.1, 0.15) is 11.4 Å². The summed E-state index contributed by atoms with van der Waals surface area (Å²) in [5, 5.41) is 0. The summed E-state index contributed by atoms with van der Waals surface area (Å²) >= 11 is 0. The number of anilines is 1. The lowest BCUT2D eigenvalue weighted by Crippen LogP contribution is -2.32. The summed E-state index contributed by atoms with van der Waals surface area (Å²) in [5.74, 6) is 1.30. The van der Waals surface area contributed by atoms with Crippen molar-refractivity contribution in [3.8, 4) is 0 Å². The summed E-state index contributed by atoms with van der Waals surface area (Å²) in [7, 11) is 2.14. The average Bonchev–Trinajstić information content (AvgIpc) is 3.04. The molecule has 3 rings (SSSR count). The zero-order valence-corrected chi connectivity index (χ0v) is 9.82. The largest absolute Gasteiger partial charge is 0.331 e. The van der Waals surface area contributed by atoms with Gasteiger partial charge < -0.3 is 4.90 Å². The summed E-state index contributed by atoms with van der Waals surface area (Å²) in [5.41, 5.74) is 1.49. The van der Waals surface area contributed by atoms with Gasteiger partial charge in [-0.2, -0.15) is 0 Å². The lowest BCUT2D eigenvalue weighted by atomic mass is 9.86. The number of nitrogens with zero attached hydrogens (tertiary/aromatic N) is 2. The highest BCUT2D eigenvalue weighted by atomic mass is 15.3. The molecule has 2 nitrogen and oxygen atoms in total. The topological polar surface area (TPSA) is 15.6 Å². The Hall–Kier alpha value is -1.31. The van der Waals surface area contributed by atoms with E-state index in [2.05, 4.69) is 42.3 Å². The van der Waals surface area contributed by atoms with Gasteiger partial charge in [0.2, 0.25) is 0 Å². The lowest BCUT2D eigenvalue weighted by Gasteiger charge is -2.24. The van der Waals surface area contributed by atoms with Crippen LogP contribution < -0.4 is 4.90 Å². The van der Waals surface area contributed by atoms with E-state index in [4.69, 9.17) is 4.99 Å². The quantitative estimate of drug-likeness (QED) is 0.700. The summed E-state index contributed by atoms with van der Waals surface area (Å²) in [4.78, 5) is 7.02. The maximum atomic E-state index is 4.76. The normalized spacial score (nSPS) is 21.7. The number of rotatable bonds is 1. The molecule has 0 unspecified atom stereocenters. The van der Waals surface area contributed by atoms with Gasteiger partial charge in [0.15, 0.2) is 0 Å². The van der Waals surface area contributed by atoms with E-state index in [-0.39, 0.29) is 5.54 Å². The molecule has 1 aromatic carbocycles. The first-order valence-corrected chi connectivity index (χ1v) is 6.21. The van der Waals surface area contributed by atoms with Gasteiger partial charge in [0.25, 0.3) is 0 Å². The smallest absolute Gasteiger partial charge is 0.132 e. The number of hydrogen-bond acceptors (Lipinski definition) is 2. The van der Waals surface area contributed by atoms with Crippen molar-refractivity contribution in [3.63, 3.8) is 0 Å². The van der Waals surface area contributed by atoms with Crippen LogP contribution in [0.5, 0.6) is 0 Å². The minimum Gasteiger partial charge on any atom is -0.331 e. The van der Waals surface area contributed by atoms with E-state index < -0.39 is 0 Å². The number of aliphatic imine (C=N–C) groups is 1. The van der Waals surface area contributed by atoms with Crippen molar-refractivity contribution >= 4 is 11.5 Å². The zero-order chi connectivity index (χ0) is 11.0. The molecule has 0 amide bonds. The van der Waals surface area contributed by atoms with Gasteiger partial charge in [0, 0.05) is 12.7 Å². The molecule has 0 radical (unpaired) electrons. The Morgan fingerprint density at radius 1 is 1.06 bits per heavy atom. The molecule has 0 N–H and O–H groups in total. The summed E-state index contributed by atoms with van der Waals surface area (Å²) in [6.07, 6.45) is 6.60. The average molecular weight is 214 g/mol. The van der Waals surface area contributed by atoms with Crippen LogP contribution in [-0.4, -0.2) is 18.4 Å². The standard InChI is InChI=1S/C14H18N2/c1-16(12-8-4-2-5-9-12)13-14(15-13)10-6-3-7-11-14/h2,4-5,8-9H,3,6-7,10-11H2,1H3. The van der Waals surface area contributed by atoms with Crippen molar-refractivity contribution in [2.45, 2.75) is 37.6 Å². The fraction of sp³-hybridized carbons (Fsp3) is 0.500. The number of para-hydroxylation sites is 1. The van der Waals surface area contributed by atoms with Gasteiger partial charge in [-0.05, 0) is 25.0 Å². The fourth-order valence-corrected chi connectivity index (χ4v) is 2.81. The molecule has 0 bridgehead atoms. The van der Waals surface area contributed by atoms with E-state index in [0.717, 1.165) is 0 Å². The van der Waals surface area contributed by atoms with E-state index in [1.807, 2.05) is 0 Å². The molecular formula is C14H18N2. The number of amidine groups is 1. The second-order valence-corrected chi connectivity index (χ2v) is 4.92. The van der Waals surface area contributed by atoms with Crippen LogP contribution in [0, 0.1) is 0 Å². The minimum absolute atomic E-state index is 0.239. The van der Waals surface area contributed by atoms with E-state index >= 15 is 0 Å². The van der Waals surface area contributed by atoms with E-state index in [9.17, 15) is 0 Å². The Balaban J connectivity index is 1.74. The zero-order valence-electron chi connectivity index (χ0n) is 9.82. The third-order valence-corrected chi connectivity index (χ3v) is 3.83. The first-order chi connectivity index (χ1) is 7.82. The Morgan fingerprint density at radius 2 is 1.75 bits per heavy atom. The first-order valence-electron chi connectivity index (χ1n) is 6.21. The fourth-order valence-electron chi connectivity index (χ4n) is 2.81. The maximum Gasteiger partial charge on any atom is 0.132 e. The molecule has 0 aromatic heterocycles. The highest BCUT2D eigenvalue weighted by Gasteiger charge is 2.49. The Morgan fingerprint density at radius 3 is 2.44 bits per heavy atom. The number of likely N-dealkylation sites (N-methyl/N-ethyl adjacent to an activating group) is 1. The monoisotopic (exact) mass is 214 g/mol. The summed E-state index contributed by atoms with van der Waals surface area (Å²) < 4.78 is 0. The Kier molecular flexibility index (Phi) is 2.23. The molecular weight excluding hydrogens is 196 g/mol. The van der Waals surface area contributed by atoms with Crippen molar-refractivity contribution in [2.24, 2.45) is 4.99 Å². The summed E-state index contributed by atoms with van der Waals surface area (Å²) in [6, 6.07) is 10.5. The molecule has 1 heterocycles. The second kappa shape index (κ2) is 3.62. The van der Waals surface area contributed by atoms with Crippen LogP contribution in [-0.2, 0) is 0 Å².